The van der Waals surface area contributed by atoms with E-state index in [1.54, 1.807) is 7.11 Å². The number of nitrogens with zero attached hydrogens (tertiary/aromatic N) is 2. The highest BCUT2D eigenvalue weighted by molar-refractivity contribution is 5.58. The number of rotatable bonds is 10. The van der Waals surface area contributed by atoms with Gasteiger partial charge < -0.3 is 19.5 Å². The number of hydrogen-bond donors (Lipinski definition) is 1. The monoisotopic (exact) mass is 412 g/mol. The zero-order chi connectivity index (χ0) is 21.4. The van der Waals surface area contributed by atoms with Crippen LogP contribution in [-0.2, 0) is 5.41 Å². The molecule has 5 nitrogen and oxygen atoms in total. The van der Waals surface area contributed by atoms with Gasteiger partial charge in [-0.05, 0) is 48.1 Å². The van der Waals surface area contributed by atoms with Gasteiger partial charge in [-0.2, -0.15) is 0 Å². The first-order valence-corrected chi connectivity index (χ1v) is 11.0. The van der Waals surface area contributed by atoms with E-state index in [9.17, 15) is 5.11 Å². The van der Waals surface area contributed by atoms with E-state index >= 15 is 0 Å². The Kier molecular flexibility index (Phi) is 8.00. The molecule has 1 saturated heterocycles. The minimum absolute atomic E-state index is 0.0147. The summed E-state index contributed by atoms with van der Waals surface area (Å²) in [5.74, 6) is 1.87. The fraction of sp³-hybridized carbons (Fsp3) is 0.520. The van der Waals surface area contributed by atoms with Crippen molar-refractivity contribution in [2.24, 2.45) is 0 Å². The lowest BCUT2D eigenvalue weighted by molar-refractivity contribution is 0.224. The maximum atomic E-state index is 9.23. The fourth-order valence-electron chi connectivity index (χ4n) is 4.01. The van der Waals surface area contributed by atoms with E-state index in [0.29, 0.717) is 0 Å². The van der Waals surface area contributed by atoms with Crippen LogP contribution < -0.4 is 14.4 Å². The molecule has 0 saturated carbocycles. The topological polar surface area (TPSA) is 45.2 Å². The Labute approximate surface area is 181 Å². The number of methoxy groups -OCH3 is 1. The molecule has 2 aromatic carbocycles. The normalized spacial score (nSPS) is 15.3. The molecule has 0 bridgehead atoms. The Morgan fingerprint density at radius 1 is 0.967 bits per heavy atom. The van der Waals surface area contributed by atoms with Crippen LogP contribution in [0.5, 0.6) is 11.5 Å². The van der Waals surface area contributed by atoms with Crippen LogP contribution >= 0.6 is 0 Å². The molecule has 0 amide bonds. The van der Waals surface area contributed by atoms with Gasteiger partial charge in [0.2, 0.25) is 0 Å². The number of aliphatic hydroxyl groups is 1. The minimum atomic E-state index is -0.0147. The van der Waals surface area contributed by atoms with Crippen molar-refractivity contribution in [3.8, 4) is 11.5 Å². The van der Waals surface area contributed by atoms with Gasteiger partial charge in [0.1, 0.15) is 11.5 Å². The smallest absolute Gasteiger partial charge is 0.142 e. The first-order chi connectivity index (χ1) is 14.5. The summed E-state index contributed by atoms with van der Waals surface area (Å²) >= 11 is 0. The highest BCUT2D eigenvalue weighted by atomic mass is 16.5. The molecule has 164 valence electrons. The molecule has 5 heteroatoms. The summed E-state index contributed by atoms with van der Waals surface area (Å²) in [6.45, 7) is 10.5. The largest absolute Gasteiger partial charge is 0.495 e. The second-order valence-corrected chi connectivity index (χ2v) is 8.58. The van der Waals surface area contributed by atoms with Crippen LogP contribution in [-0.4, -0.2) is 63.1 Å². The van der Waals surface area contributed by atoms with Crippen LogP contribution in [0.4, 0.5) is 5.69 Å². The van der Waals surface area contributed by atoms with Crippen molar-refractivity contribution < 1.29 is 14.6 Å². The molecule has 0 unspecified atom stereocenters. The minimum Gasteiger partial charge on any atom is -0.495 e. The lowest BCUT2D eigenvalue weighted by Crippen LogP contribution is -2.46. The molecular weight excluding hydrogens is 376 g/mol. The Balaban J connectivity index is 1.38. The van der Waals surface area contributed by atoms with Gasteiger partial charge in [-0.1, -0.05) is 38.1 Å². The van der Waals surface area contributed by atoms with Crippen molar-refractivity contribution >= 4 is 5.69 Å². The standard InChI is InChI=1S/C25H36N2O3/c1-25(2,13-19-28)21-9-11-22(12-10-21)30-20-6-14-26-15-17-27(18-16-26)23-7-4-5-8-24(23)29-3/h4-5,7-12,28H,6,13-20H2,1-3H3. The molecule has 1 aliphatic rings. The molecule has 3 rings (SSSR count). The summed E-state index contributed by atoms with van der Waals surface area (Å²) in [6, 6.07) is 16.6. The summed E-state index contributed by atoms with van der Waals surface area (Å²) < 4.78 is 11.4. The lowest BCUT2D eigenvalue weighted by atomic mass is 9.82. The Morgan fingerprint density at radius 3 is 2.33 bits per heavy atom. The maximum Gasteiger partial charge on any atom is 0.142 e. The Morgan fingerprint density at radius 2 is 1.67 bits per heavy atom. The van der Waals surface area contributed by atoms with E-state index in [4.69, 9.17) is 9.47 Å². The summed E-state index contributed by atoms with van der Waals surface area (Å²) in [4.78, 5) is 4.92. The van der Waals surface area contributed by atoms with E-state index in [1.807, 2.05) is 24.3 Å². The van der Waals surface area contributed by atoms with Gasteiger partial charge >= 0.3 is 0 Å². The van der Waals surface area contributed by atoms with Crippen LogP contribution in [0, 0.1) is 0 Å². The number of anilines is 1. The van der Waals surface area contributed by atoms with E-state index < -0.39 is 0 Å². The first kappa shape index (κ1) is 22.4. The summed E-state index contributed by atoms with van der Waals surface area (Å²) in [6.07, 6.45) is 1.78. The second-order valence-electron chi connectivity index (χ2n) is 8.58. The van der Waals surface area contributed by atoms with Gasteiger partial charge in [-0.15, -0.1) is 0 Å². The summed E-state index contributed by atoms with van der Waals surface area (Å²) in [5, 5.41) is 9.23. The van der Waals surface area contributed by atoms with Crippen molar-refractivity contribution in [1.82, 2.24) is 4.90 Å². The highest BCUT2D eigenvalue weighted by Crippen LogP contribution is 2.29. The highest BCUT2D eigenvalue weighted by Gasteiger charge is 2.20. The fourth-order valence-corrected chi connectivity index (χ4v) is 4.01. The maximum absolute atomic E-state index is 9.23. The molecule has 0 atom stereocenters. The van der Waals surface area contributed by atoms with Crippen molar-refractivity contribution in [1.29, 1.82) is 0 Å². The van der Waals surface area contributed by atoms with Gasteiger partial charge in [-0.3, -0.25) is 4.90 Å². The predicted molar refractivity (Wildman–Crippen MR) is 123 cm³/mol. The molecular formula is C25H36N2O3. The zero-order valence-corrected chi connectivity index (χ0v) is 18.6. The summed E-state index contributed by atoms with van der Waals surface area (Å²) in [5.41, 5.74) is 2.41. The zero-order valence-electron chi connectivity index (χ0n) is 18.6. The molecule has 0 aromatic heterocycles. The van der Waals surface area contributed by atoms with E-state index in [2.05, 4.69) is 47.9 Å². The first-order valence-electron chi connectivity index (χ1n) is 11.0. The molecule has 0 spiro atoms. The van der Waals surface area contributed by atoms with Gasteiger partial charge in [0.25, 0.3) is 0 Å². The van der Waals surface area contributed by atoms with Crippen molar-refractivity contribution in [3.05, 3.63) is 54.1 Å². The Hall–Kier alpha value is -2.24. The quantitative estimate of drug-likeness (QED) is 0.599. The van der Waals surface area contributed by atoms with Crippen LogP contribution in [0.15, 0.2) is 48.5 Å². The molecule has 30 heavy (non-hydrogen) atoms. The average Bonchev–Trinajstić information content (AvgIpc) is 2.77. The van der Waals surface area contributed by atoms with E-state index in [0.717, 1.165) is 63.7 Å². The third-order valence-electron chi connectivity index (χ3n) is 6.06. The van der Waals surface area contributed by atoms with Gasteiger partial charge in [-0.25, -0.2) is 0 Å². The number of aliphatic hydroxyl groups excluding tert-OH is 1. The van der Waals surface area contributed by atoms with Crippen molar-refractivity contribution in [3.63, 3.8) is 0 Å². The van der Waals surface area contributed by atoms with E-state index in [1.165, 1.54) is 11.3 Å². The van der Waals surface area contributed by atoms with Crippen LogP contribution in [0.1, 0.15) is 32.3 Å². The third kappa shape index (κ3) is 5.89. The molecule has 0 radical (unpaired) electrons. The predicted octanol–water partition coefficient (Wildman–Crippen LogP) is 3.95. The number of benzene rings is 2. The number of ether oxygens (including phenoxy) is 2. The SMILES string of the molecule is COc1ccccc1N1CCN(CCCOc2ccc(C(C)(C)CCO)cc2)CC1. The number of para-hydroxylation sites is 2. The van der Waals surface area contributed by atoms with Crippen LogP contribution in [0.3, 0.4) is 0 Å². The number of piperazine rings is 1. The molecule has 0 aliphatic carbocycles. The van der Waals surface area contributed by atoms with Gasteiger partial charge in [0, 0.05) is 39.3 Å². The van der Waals surface area contributed by atoms with Crippen LogP contribution in [0.2, 0.25) is 0 Å². The lowest BCUT2D eigenvalue weighted by Gasteiger charge is -2.36. The van der Waals surface area contributed by atoms with Crippen LogP contribution in [0.25, 0.3) is 0 Å². The van der Waals surface area contributed by atoms with Crippen molar-refractivity contribution in [2.45, 2.75) is 32.1 Å². The van der Waals surface area contributed by atoms with Gasteiger partial charge in [0.05, 0.1) is 19.4 Å². The number of hydrogen-bond acceptors (Lipinski definition) is 5. The van der Waals surface area contributed by atoms with Gasteiger partial charge in [0.15, 0.2) is 0 Å². The average molecular weight is 413 g/mol. The Bertz CT molecular complexity index is 768. The molecule has 1 heterocycles. The molecule has 1 N–H and O–H groups in total. The molecule has 1 fully saturated rings. The van der Waals surface area contributed by atoms with E-state index in [-0.39, 0.29) is 12.0 Å². The molecule has 2 aromatic rings. The third-order valence-corrected chi connectivity index (χ3v) is 6.06. The van der Waals surface area contributed by atoms with Crippen molar-refractivity contribution in [2.75, 3.05) is 57.9 Å². The second kappa shape index (κ2) is 10.7. The molecule has 1 aliphatic heterocycles. The summed E-state index contributed by atoms with van der Waals surface area (Å²) in [7, 11) is 1.73.